The molecular weight excluding hydrogens is 230 g/mol. The van der Waals surface area contributed by atoms with Crippen molar-refractivity contribution in [1.29, 1.82) is 0 Å². The van der Waals surface area contributed by atoms with Crippen LogP contribution in [0.5, 0.6) is 0 Å². The van der Waals surface area contributed by atoms with Crippen LogP contribution in [-0.4, -0.2) is 18.5 Å². The van der Waals surface area contributed by atoms with E-state index < -0.39 is 0 Å². The fourth-order valence-electron chi connectivity index (χ4n) is 3.88. The van der Waals surface area contributed by atoms with E-state index >= 15 is 0 Å². The van der Waals surface area contributed by atoms with Crippen LogP contribution >= 0.6 is 0 Å². The van der Waals surface area contributed by atoms with Crippen LogP contribution in [0, 0.1) is 0 Å². The molecule has 1 aliphatic carbocycles. The largest absolute Gasteiger partial charge is 0.299 e. The molecule has 0 N–H and O–H groups in total. The zero-order valence-electron chi connectivity index (χ0n) is 11.3. The molecule has 1 heterocycles. The third-order valence-electron chi connectivity index (χ3n) is 4.87. The Morgan fingerprint density at radius 1 is 1.00 bits per heavy atom. The van der Waals surface area contributed by atoms with Crippen molar-refractivity contribution in [2.75, 3.05) is 13.6 Å². The van der Waals surface area contributed by atoms with Gasteiger partial charge >= 0.3 is 0 Å². The van der Waals surface area contributed by atoms with Crippen molar-refractivity contribution in [2.45, 2.75) is 24.8 Å². The van der Waals surface area contributed by atoms with Gasteiger partial charge in [-0.1, -0.05) is 48.5 Å². The molecule has 0 amide bonds. The van der Waals surface area contributed by atoms with Crippen molar-refractivity contribution in [3.63, 3.8) is 0 Å². The van der Waals surface area contributed by atoms with Crippen LogP contribution < -0.4 is 0 Å². The standard InChI is InChI=1S/C18H19N/c1-19-11-10-14-12-17(19)18-15(8-5-9-16(14)18)13-6-3-2-4-7-13/h2-9,14,17H,10-12H2,1H3/t14?,17-/m1/s1. The van der Waals surface area contributed by atoms with Crippen LogP contribution in [0.4, 0.5) is 0 Å². The summed E-state index contributed by atoms with van der Waals surface area (Å²) in [5.74, 6) is 0.792. The van der Waals surface area contributed by atoms with Gasteiger partial charge in [0.05, 0.1) is 0 Å². The van der Waals surface area contributed by atoms with E-state index in [-0.39, 0.29) is 0 Å². The molecular formula is C18H19N. The number of hydrogen-bond donors (Lipinski definition) is 0. The van der Waals surface area contributed by atoms with Gasteiger partial charge in [-0.3, -0.25) is 4.90 Å². The molecule has 1 heteroatoms. The van der Waals surface area contributed by atoms with E-state index in [1.165, 1.54) is 30.5 Å². The van der Waals surface area contributed by atoms with Crippen molar-refractivity contribution in [1.82, 2.24) is 4.90 Å². The molecule has 1 aliphatic heterocycles. The molecule has 0 radical (unpaired) electrons. The Hall–Kier alpha value is -1.60. The highest BCUT2D eigenvalue weighted by Gasteiger charge is 2.38. The lowest BCUT2D eigenvalue weighted by atomic mass is 9.94. The lowest BCUT2D eigenvalue weighted by Gasteiger charge is -2.30. The second-order valence-electron chi connectivity index (χ2n) is 5.89. The molecule has 19 heavy (non-hydrogen) atoms. The quantitative estimate of drug-likeness (QED) is 0.731. The smallest absolute Gasteiger partial charge is 0.0359 e. The highest BCUT2D eigenvalue weighted by Crippen LogP contribution is 2.51. The fraction of sp³-hybridized carbons (Fsp3) is 0.333. The van der Waals surface area contributed by atoms with E-state index in [1.54, 1.807) is 11.1 Å². The topological polar surface area (TPSA) is 3.24 Å². The van der Waals surface area contributed by atoms with Gasteiger partial charge < -0.3 is 0 Å². The van der Waals surface area contributed by atoms with Crippen molar-refractivity contribution in [2.24, 2.45) is 0 Å². The Kier molecular flexibility index (Phi) is 2.49. The van der Waals surface area contributed by atoms with E-state index in [2.05, 4.69) is 60.5 Å². The van der Waals surface area contributed by atoms with Crippen LogP contribution in [0.15, 0.2) is 48.5 Å². The van der Waals surface area contributed by atoms with Gasteiger partial charge in [0.1, 0.15) is 0 Å². The van der Waals surface area contributed by atoms with Gasteiger partial charge in [0.15, 0.2) is 0 Å². The first-order valence-electron chi connectivity index (χ1n) is 7.23. The Morgan fingerprint density at radius 2 is 1.84 bits per heavy atom. The second-order valence-corrected chi connectivity index (χ2v) is 5.89. The summed E-state index contributed by atoms with van der Waals surface area (Å²) in [6.07, 6.45) is 2.63. The maximum Gasteiger partial charge on any atom is 0.0359 e. The van der Waals surface area contributed by atoms with Gasteiger partial charge in [0.25, 0.3) is 0 Å². The molecule has 1 fully saturated rings. The van der Waals surface area contributed by atoms with Crippen LogP contribution in [0.1, 0.15) is 35.9 Å². The molecule has 1 unspecified atom stereocenters. The highest BCUT2D eigenvalue weighted by atomic mass is 15.1. The molecule has 2 aliphatic rings. The summed E-state index contributed by atoms with van der Waals surface area (Å²) in [5, 5.41) is 0. The summed E-state index contributed by atoms with van der Waals surface area (Å²) in [6.45, 7) is 1.23. The van der Waals surface area contributed by atoms with E-state index in [0.29, 0.717) is 6.04 Å². The molecule has 4 rings (SSSR count). The molecule has 2 aromatic rings. The third-order valence-corrected chi connectivity index (χ3v) is 4.87. The zero-order chi connectivity index (χ0) is 12.8. The predicted octanol–water partition coefficient (Wildman–Crippen LogP) is 4.22. The Morgan fingerprint density at radius 3 is 2.68 bits per heavy atom. The van der Waals surface area contributed by atoms with Gasteiger partial charge in [-0.05, 0) is 54.6 Å². The summed E-state index contributed by atoms with van der Waals surface area (Å²) < 4.78 is 0. The van der Waals surface area contributed by atoms with E-state index in [4.69, 9.17) is 0 Å². The normalized spacial score (nSPS) is 25.3. The van der Waals surface area contributed by atoms with Crippen molar-refractivity contribution < 1.29 is 0 Å². The van der Waals surface area contributed by atoms with Crippen LogP contribution in [0.25, 0.3) is 11.1 Å². The maximum atomic E-state index is 2.54. The number of rotatable bonds is 1. The minimum Gasteiger partial charge on any atom is -0.299 e. The predicted molar refractivity (Wildman–Crippen MR) is 79.2 cm³/mol. The van der Waals surface area contributed by atoms with Crippen LogP contribution in [0.2, 0.25) is 0 Å². The lowest BCUT2D eigenvalue weighted by Crippen LogP contribution is -2.28. The van der Waals surface area contributed by atoms with E-state index in [0.717, 1.165) is 5.92 Å². The van der Waals surface area contributed by atoms with Crippen molar-refractivity contribution >= 4 is 0 Å². The Labute approximate surface area is 114 Å². The summed E-state index contributed by atoms with van der Waals surface area (Å²) in [7, 11) is 2.28. The number of nitrogens with zero attached hydrogens (tertiary/aromatic N) is 1. The monoisotopic (exact) mass is 249 g/mol. The van der Waals surface area contributed by atoms with Crippen molar-refractivity contribution in [3.05, 3.63) is 59.7 Å². The number of fused-ring (bicyclic) bond motifs is 5. The number of likely N-dealkylation sites (tertiary alicyclic amines) is 1. The molecule has 96 valence electrons. The second kappa shape index (κ2) is 4.21. The molecule has 0 spiro atoms. The Balaban J connectivity index is 1.92. The summed E-state index contributed by atoms with van der Waals surface area (Å²) in [4.78, 5) is 2.54. The number of hydrogen-bond acceptors (Lipinski definition) is 1. The molecule has 2 atom stereocenters. The first-order chi connectivity index (χ1) is 9.34. The van der Waals surface area contributed by atoms with Crippen LogP contribution in [-0.2, 0) is 0 Å². The maximum absolute atomic E-state index is 2.54. The highest BCUT2D eigenvalue weighted by molar-refractivity contribution is 5.71. The first-order valence-corrected chi connectivity index (χ1v) is 7.23. The van der Waals surface area contributed by atoms with Gasteiger partial charge in [-0.2, -0.15) is 0 Å². The summed E-state index contributed by atoms with van der Waals surface area (Å²) in [5.41, 5.74) is 6.01. The SMILES string of the molecule is CN1CCC2C[C@@H]1c1c(-c3ccccc3)cccc12. The lowest BCUT2D eigenvalue weighted by molar-refractivity contribution is 0.192. The molecule has 0 saturated carbocycles. The molecule has 2 bridgehead atoms. The van der Waals surface area contributed by atoms with Crippen LogP contribution in [0.3, 0.4) is 0 Å². The third kappa shape index (κ3) is 1.65. The van der Waals surface area contributed by atoms with Gasteiger partial charge in [-0.15, -0.1) is 0 Å². The zero-order valence-corrected chi connectivity index (χ0v) is 11.3. The van der Waals surface area contributed by atoms with Gasteiger partial charge in [0.2, 0.25) is 0 Å². The van der Waals surface area contributed by atoms with E-state index in [1.807, 2.05) is 0 Å². The average Bonchev–Trinajstić information content (AvgIpc) is 2.79. The summed E-state index contributed by atoms with van der Waals surface area (Å²) in [6, 6.07) is 18.4. The number of benzene rings is 2. The summed E-state index contributed by atoms with van der Waals surface area (Å²) >= 11 is 0. The number of piperidine rings is 1. The molecule has 1 saturated heterocycles. The molecule has 0 aromatic heterocycles. The first kappa shape index (κ1) is 11.2. The van der Waals surface area contributed by atoms with Gasteiger partial charge in [-0.25, -0.2) is 0 Å². The Bertz CT molecular complexity index is 602. The minimum absolute atomic E-state index is 0.630. The van der Waals surface area contributed by atoms with Crippen molar-refractivity contribution in [3.8, 4) is 11.1 Å². The molecule has 1 nitrogen and oxygen atoms in total. The fourth-order valence-corrected chi connectivity index (χ4v) is 3.88. The van der Waals surface area contributed by atoms with Gasteiger partial charge in [0, 0.05) is 6.04 Å². The minimum atomic E-state index is 0.630. The molecule has 2 aromatic carbocycles. The van der Waals surface area contributed by atoms with E-state index in [9.17, 15) is 0 Å². The average molecular weight is 249 g/mol.